The van der Waals surface area contributed by atoms with E-state index >= 15 is 0 Å². The van der Waals surface area contributed by atoms with Crippen LogP contribution in [0.15, 0.2) is 16.5 Å². The summed E-state index contributed by atoms with van der Waals surface area (Å²) < 4.78 is 27.2. The molecule has 0 aromatic carbocycles. The summed E-state index contributed by atoms with van der Waals surface area (Å²) in [6.07, 6.45) is 4.44. The van der Waals surface area contributed by atoms with Gasteiger partial charge in [-0.25, -0.2) is 13.4 Å². The molecule has 1 N–H and O–H groups in total. The second-order valence-electron chi connectivity index (χ2n) is 6.58. The van der Waals surface area contributed by atoms with E-state index < -0.39 is 10.0 Å². The molecule has 0 saturated carbocycles. The van der Waals surface area contributed by atoms with Crippen LogP contribution in [0.2, 0.25) is 0 Å². The summed E-state index contributed by atoms with van der Waals surface area (Å²) in [5.74, 6) is 0.538. The van der Waals surface area contributed by atoms with E-state index in [2.05, 4.69) is 31.5 Å². The van der Waals surface area contributed by atoms with Gasteiger partial charge in [0.25, 0.3) is 10.0 Å². The second-order valence-corrected chi connectivity index (χ2v) is 9.78. The van der Waals surface area contributed by atoms with E-state index in [0.717, 1.165) is 42.1 Å². The third kappa shape index (κ3) is 3.66. The smallest absolute Gasteiger partial charge is 0.254 e. The summed E-state index contributed by atoms with van der Waals surface area (Å²) in [5.41, 5.74) is 2.34. The van der Waals surface area contributed by atoms with Gasteiger partial charge in [0.1, 0.15) is 0 Å². The Bertz CT molecular complexity index is 966. The zero-order valence-electron chi connectivity index (χ0n) is 14.9. The standard InChI is InChI=1S/C16H20N6O3S2/c1-11(23)18-16-17-10-15(26-16)27(24,25)22-7-5-21(6-8-22)14-9-12-3-2-4-13(12)19-20-14/h9-10H,2-8H2,1H3,(H,17,18,23). The van der Waals surface area contributed by atoms with Crippen LogP contribution >= 0.6 is 11.3 Å². The van der Waals surface area contributed by atoms with Gasteiger partial charge in [-0.05, 0) is 30.9 Å². The van der Waals surface area contributed by atoms with Crippen LogP contribution in [0, 0.1) is 0 Å². The molecule has 2 aromatic rings. The first-order chi connectivity index (χ1) is 12.9. The summed E-state index contributed by atoms with van der Waals surface area (Å²) >= 11 is 0.964. The lowest BCUT2D eigenvalue weighted by Crippen LogP contribution is -2.48. The molecule has 1 aliphatic carbocycles. The van der Waals surface area contributed by atoms with E-state index in [4.69, 9.17) is 0 Å². The predicted octanol–water partition coefficient (Wildman–Crippen LogP) is 0.891. The molecule has 0 radical (unpaired) electrons. The van der Waals surface area contributed by atoms with E-state index in [0.29, 0.717) is 26.2 Å². The summed E-state index contributed by atoms with van der Waals surface area (Å²) in [7, 11) is -3.62. The van der Waals surface area contributed by atoms with Gasteiger partial charge in [-0.15, -0.1) is 5.10 Å². The van der Waals surface area contributed by atoms with Crippen LogP contribution in [-0.2, 0) is 27.7 Å². The topological polar surface area (TPSA) is 108 Å². The van der Waals surface area contributed by atoms with Crippen molar-refractivity contribution in [3.8, 4) is 0 Å². The first-order valence-corrected chi connectivity index (χ1v) is 11.0. The summed E-state index contributed by atoms with van der Waals surface area (Å²) in [6.45, 7) is 3.22. The number of anilines is 2. The number of nitrogens with zero attached hydrogens (tertiary/aromatic N) is 5. The van der Waals surface area contributed by atoms with Crippen LogP contribution in [0.4, 0.5) is 10.9 Å². The fourth-order valence-electron chi connectivity index (χ4n) is 3.34. The van der Waals surface area contributed by atoms with Gasteiger partial charge in [-0.1, -0.05) is 11.3 Å². The highest BCUT2D eigenvalue weighted by Gasteiger charge is 2.31. The third-order valence-electron chi connectivity index (χ3n) is 4.73. The number of hydrogen-bond acceptors (Lipinski definition) is 8. The molecule has 2 aromatic heterocycles. The Morgan fingerprint density at radius 2 is 1.96 bits per heavy atom. The van der Waals surface area contributed by atoms with Crippen LogP contribution in [0.25, 0.3) is 0 Å². The molecular formula is C16H20N6O3S2. The Morgan fingerprint density at radius 1 is 1.19 bits per heavy atom. The van der Waals surface area contributed by atoms with Crippen molar-refractivity contribution >= 4 is 38.2 Å². The van der Waals surface area contributed by atoms with Gasteiger partial charge in [-0.2, -0.15) is 9.40 Å². The highest BCUT2D eigenvalue weighted by Crippen LogP contribution is 2.28. The molecule has 11 heteroatoms. The normalized spacial score (nSPS) is 17.7. The highest BCUT2D eigenvalue weighted by atomic mass is 32.2. The SMILES string of the molecule is CC(=O)Nc1ncc(S(=O)(=O)N2CCN(c3cc4c(nn3)CCC4)CC2)s1. The van der Waals surface area contributed by atoms with E-state index in [9.17, 15) is 13.2 Å². The van der Waals surface area contributed by atoms with E-state index in [1.54, 1.807) is 0 Å². The highest BCUT2D eigenvalue weighted by molar-refractivity contribution is 7.91. The molecule has 0 unspecified atom stereocenters. The molecule has 144 valence electrons. The van der Waals surface area contributed by atoms with E-state index in [-0.39, 0.29) is 15.2 Å². The maximum Gasteiger partial charge on any atom is 0.254 e. The van der Waals surface area contributed by atoms with Crippen molar-refractivity contribution in [3.63, 3.8) is 0 Å². The molecule has 3 heterocycles. The van der Waals surface area contributed by atoms with Crippen LogP contribution in [0.1, 0.15) is 24.6 Å². The van der Waals surface area contributed by atoms with Crippen molar-refractivity contribution in [2.24, 2.45) is 0 Å². The predicted molar refractivity (Wildman–Crippen MR) is 101 cm³/mol. The molecule has 1 saturated heterocycles. The van der Waals surface area contributed by atoms with Crippen LogP contribution in [0.5, 0.6) is 0 Å². The maximum absolute atomic E-state index is 12.8. The Labute approximate surface area is 161 Å². The zero-order chi connectivity index (χ0) is 19.0. The lowest BCUT2D eigenvalue weighted by Gasteiger charge is -2.34. The van der Waals surface area contributed by atoms with Crippen molar-refractivity contribution in [2.45, 2.75) is 30.4 Å². The van der Waals surface area contributed by atoms with Crippen molar-refractivity contribution < 1.29 is 13.2 Å². The van der Waals surface area contributed by atoms with Gasteiger partial charge in [0.2, 0.25) is 5.91 Å². The average molecular weight is 409 g/mol. The Hall–Kier alpha value is -2.11. The number of aromatic nitrogens is 3. The summed E-state index contributed by atoms with van der Waals surface area (Å²) in [6, 6.07) is 2.09. The molecule has 4 rings (SSSR count). The van der Waals surface area contributed by atoms with Crippen LogP contribution in [-0.4, -0.2) is 60.0 Å². The minimum atomic E-state index is -3.62. The van der Waals surface area contributed by atoms with Gasteiger partial charge < -0.3 is 10.2 Å². The molecular weight excluding hydrogens is 388 g/mol. The summed E-state index contributed by atoms with van der Waals surface area (Å²) in [5, 5.41) is 11.4. The number of thiazole rings is 1. The van der Waals surface area contributed by atoms with E-state index in [1.165, 1.54) is 23.0 Å². The van der Waals surface area contributed by atoms with Gasteiger partial charge in [0, 0.05) is 33.1 Å². The molecule has 1 amide bonds. The van der Waals surface area contributed by atoms with Crippen LogP contribution in [0.3, 0.4) is 0 Å². The molecule has 9 nitrogen and oxygen atoms in total. The lowest BCUT2D eigenvalue weighted by atomic mass is 10.2. The molecule has 0 atom stereocenters. The minimum Gasteiger partial charge on any atom is -0.352 e. The monoisotopic (exact) mass is 408 g/mol. The summed E-state index contributed by atoms with van der Waals surface area (Å²) in [4.78, 5) is 17.1. The Balaban J connectivity index is 1.43. The van der Waals surface area contributed by atoms with Gasteiger partial charge >= 0.3 is 0 Å². The second kappa shape index (κ2) is 7.13. The largest absolute Gasteiger partial charge is 0.352 e. The maximum atomic E-state index is 12.8. The van der Waals surface area contributed by atoms with Gasteiger partial charge in [-0.3, -0.25) is 4.79 Å². The number of nitrogens with one attached hydrogen (secondary N) is 1. The average Bonchev–Trinajstić information content (AvgIpc) is 3.30. The number of carbonyl (C=O) groups is 1. The number of hydrogen-bond donors (Lipinski definition) is 1. The number of fused-ring (bicyclic) bond motifs is 1. The molecule has 2 aliphatic rings. The molecule has 1 fully saturated rings. The van der Waals surface area contributed by atoms with Crippen molar-refractivity contribution in [3.05, 3.63) is 23.5 Å². The van der Waals surface area contributed by atoms with Gasteiger partial charge in [0.05, 0.1) is 11.9 Å². The van der Waals surface area contributed by atoms with Crippen molar-refractivity contribution in [1.29, 1.82) is 0 Å². The number of sulfonamides is 1. The minimum absolute atomic E-state index is 0.136. The van der Waals surface area contributed by atoms with E-state index in [1.807, 2.05) is 0 Å². The quantitative estimate of drug-likeness (QED) is 0.800. The number of amides is 1. The fraction of sp³-hybridized carbons (Fsp3) is 0.500. The number of rotatable bonds is 4. The molecule has 1 aliphatic heterocycles. The third-order valence-corrected chi connectivity index (χ3v) is 7.98. The first-order valence-electron chi connectivity index (χ1n) is 8.77. The molecule has 0 bridgehead atoms. The lowest BCUT2D eigenvalue weighted by molar-refractivity contribution is -0.114. The Morgan fingerprint density at radius 3 is 2.70 bits per heavy atom. The Kier molecular flexibility index (Phi) is 4.82. The van der Waals surface area contributed by atoms with Crippen LogP contribution < -0.4 is 10.2 Å². The number of aryl methyl sites for hydroxylation is 2. The van der Waals surface area contributed by atoms with Crippen molar-refractivity contribution in [2.75, 3.05) is 36.4 Å². The molecule has 27 heavy (non-hydrogen) atoms. The van der Waals surface area contributed by atoms with Gasteiger partial charge in [0.15, 0.2) is 15.2 Å². The van der Waals surface area contributed by atoms with Crippen molar-refractivity contribution in [1.82, 2.24) is 19.5 Å². The first kappa shape index (κ1) is 18.3. The number of carbonyl (C=O) groups excluding carboxylic acids is 1. The molecule has 0 spiro atoms. The fourth-order valence-corrected chi connectivity index (χ4v) is 6.00. The zero-order valence-corrected chi connectivity index (χ0v) is 16.5. The number of piperazine rings is 1.